The number of nitrogens with zero attached hydrogens (tertiary/aromatic N) is 5. The maximum atomic E-state index is 5.58. The van der Waals surface area contributed by atoms with Crippen molar-refractivity contribution in [2.24, 2.45) is 0 Å². The van der Waals surface area contributed by atoms with Gasteiger partial charge in [0.05, 0.1) is 18.5 Å². The fraction of sp³-hybridized carbons (Fsp3) is 0.321. The molecule has 1 N–H and O–H groups in total. The minimum absolute atomic E-state index is 0.756. The maximum Gasteiger partial charge on any atom is 0.177 e. The lowest BCUT2D eigenvalue weighted by molar-refractivity contribution is 0.369. The Morgan fingerprint density at radius 1 is 1.09 bits per heavy atom. The van der Waals surface area contributed by atoms with E-state index in [2.05, 4.69) is 52.5 Å². The molecule has 1 aliphatic rings. The van der Waals surface area contributed by atoms with Crippen molar-refractivity contribution in [1.29, 1.82) is 0 Å². The number of methoxy groups -OCH3 is 1. The summed E-state index contributed by atoms with van der Waals surface area (Å²) in [5, 5.41) is 8.26. The summed E-state index contributed by atoms with van der Waals surface area (Å²) in [4.78, 5) is 11.7. The molecule has 7 nitrogen and oxygen atoms in total. The third kappa shape index (κ3) is 5.45. The number of nitrogens with one attached hydrogen (secondary N) is 1. The molecule has 1 aromatic carbocycles. The minimum Gasteiger partial charge on any atom is -0.496 e. The Balaban J connectivity index is 0.00000141. The van der Waals surface area contributed by atoms with Gasteiger partial charge in [0.15, 0.2) is 5.65 Å². The molecule has 0 unspecified atom stereocenters. The van der Waals surface area contributed by atoms with Crippen LogP contribution in [0.3, 0.4) is 0 Å². The van der Waals surface area contributed by atoms with Crippen LogP contribution in [0.1, 0.15) is 45.6 Å². The SMILES string of the molecule is CC.CC/C=C(/OC)c1cccc(-c2cc(Nc3cccc(N4CCCC4)n3)c3nccn3n2)c1. The van der Waals surface area contributed by atoms with E-state index >= 15 is 0 Å². The Morgan fingerprint density at radius 3 is 2.66 bits per heavy atom. The number of hydrogen-bond acceptors (Lipinski definition) is 6. The molecular formula is C28H34N6O. The second kappa shape index (κ2) is 11.5. The molecule has 0 amide bonds. The molecule has 0 radical (unpaired) electrons. The van der Waals surface area contributed by atoms with E-state index in [1.165, 1.54) is 12.8 Å². The average molecular weight is 471 g/mol. The summed E-state index contributed by atoms with van der Waals surface area (Å²) in [5.74, 6) is 2.67. The Kier molecular flexibility index (Phi) is 7.98. The van der Waals surface area contributed by atoms with Crippen molar-refractivity contribution < 1.29 is 4.74 Å². The van der Waals surface area contributed by atoms with Crippen molar-refractivity contribution in [2.45, 2.75) is 40.0 Å². The molecule has 0 saturated carbocycles. The molecule has 35 heavy (non-hydrogen) atoms. The van der Waals surface area contributed by atoms with Crippen LogP contribution in [-0.4, -0.2) is 39.8 Å². The van der Waals surface area contributed by atoms with Crippen molar-refractivity contribution in [3.8, 4) is 11.3 Å². The van der Waals surface area contributed by atoms with Gasteiger partial charge >= 0.3 is 0 Å². The van der Waals surface area contributed by atoms with Gasteiger partial charge in [0.25, 0.3) is 0 Å². The number of anilines is 3. The molecule has 3 aromatic heterocycles. The third-order valence-electron chi connectivity index (χ3n) is 5.84. The number of hydrogen-bond donors (Lipinski definition) is 1. The Labute approximate surface area is 207 Å². The normalized spacial score (nSPS) is 13.5. The van der Waals surface area contributed by atoms with Gasteiger partial charge in [0.1, 0.15) is 17.4 Å². The number of ether oxygens (including phenoxy) is 1. The van der Waals surface area contributed by atoms with Crippen LogP contribution in [0.15, 0.2) is 67.0 Å². The van der Waals surface area contributed by atoms with Crippen LogP contribution in [0.2, 0.25) is 0 Å². The van der Waals surface area contributed by atoms with Gasteiger partial charge in [-0.05, 0) is 49.6 Å². The summed E-state index contributed by atoms with van der Waals surface area (Å²) in [7, 11) is 1.70. The smallest absolute Gasteiger partial charge is 0.177 e. The zero-order valence-electron chi connectivity index (χ0n) is 21.0. The van der Waals surface area contributed by atoms with Crippen molar-refractivity contribution in [1.82, 2.24) is 19.6 Å². The minimum atomic E-state index is 0.756. The number of fused-ring (bicyclic) bond motifs is 1. The van der Waals surface area contributed by atoms with Crippen molar-refractivity contribution in [2.75, 3.05) is 30.4 Å². The number of pyridine rings is 1. The number of rotatable bonds is 7. The van der Waals surface area contributed by atoms with E-state index < -0.39 is 0 Å². The molecule has 0 aliphatic carbocycles. The first-order valence-electron chi connectivity index (χ1n) is 12.4. The summed E-state index contributed by atoms with van der Waals surface area (Å²) in [6, 6.07) is 16.4. The molecule has 1 saturated heterocycles. The van der Waals surface area contributed by atoms with Crippen molar-refractivity contribution in [3.63, 3.8) is 0 Å². The van der Waals surface area contributed by atoms with Crippen LogP contribution in [0.4, 0.5) is 17.3 Å². The Morgan fingerprint density at radius 2 is 1.89 bits per heavy atom. The van der Waals surface area contributed by atoms with Gasteiger partial charge in [-0.1, -0.05) is 45.0 Å². The third-order valence-corrected chi connectivity index (χ3v) is 5.84. The fourth-order valence-corrected chi connectivity index (χ4v) is 4.24. The molecule has 182 valence electrons. The van der Waals surface area contributed by atoms with E-state index in [4.69, 9.17) is 14.8 Å². The summed E-state index contributed by atoms with van der Waals surface area (Å²) >= 11 is 0. The first-order chi connectivity index (χ1) is 17.2. The molecule has 1 fully saturated rings. The van der Waals surface area contributed by atoms with Gasteiger partial charge in [-0.2, -0.15) is 5.10 Å². The highest BCUT2D eigenvalue weighted by molar-refractivity contribution is 5.78. The van der Waals surface area contributed by atoms with Crippen LogP contribution >= 0.6 is 0 Å². The zero-order valence-corrected chi connectivity index (χ0v) is 21.0. The van der Waals surface area contributed by atoms with Crippen LogP contribution in [0.25, 0.3) is 22.7 Å². The van der Waals surface area contributed by atoms with E-state index in [-0.39, 0.29) is 0 Å². The molecular weight excluding hydrogens is 436 g/mol. The molecule has 4 aromatic rings. The zero-order chi connectivity index (χ0) is 24.6. The highest BCUT2D eigenvalue weighted by Crippen LogP contribution is 2.29. The lowest BCUT2D eigenvalue weighted by Gasteiger charge is -2.17. The van der Waals surface area contributed by atoms with E-state index in [1.54, 1.807) is 17.8 Å². The molecule has 0 spiro atoms. The number of imidazole rings is 1. The van der Waals surface area contributed by atoms with Gasteiger partial charge in [0.2, 0.25) is 0 Å². The second-order valence-corrected chi connectivity index (χ2v) is 8.10. The molecule has 1 aliphatic heterocycles. The van der Waals surface area contributed by atoms with Gasteiger partial charge in [0, 0.05) is 36.6 Å². The average Bonchev–Trinajstić information content (AvgIpc) is 3.61. The van der Waals surface area contributed by atoms with E-state index in [0.29, 0.717) is 0 Å². The predicted octanol–water partition coefficient (Wildman–Crippen LogP) is 6.56. The molecule has 7 heteroatoms. The fourth-order valence-electron chi connectivity index (χ4n) is 4.24. The van der Waals surface area contributed by atoms with E-state index in [9.17, 15) is 0 Å². The summed E-state index contributed by atoms with van der Waals surface area (Å²) in [6.07, 6.45) is 9.05. The van der Waals surface area contributed by atoms with Crippen molar-refractivity contribution >= 4 is 28.7 Å². The molecule has 0 atom stereocenters. The van der Waals surface area contributed by atoms with Gasteiger partial charge in [-0.25, -0.2) is 14.5 Å². The van der Waals surface area contributed by atoms with Crippen LogP contribution in [-0.2, 0) is 4.74 Å². The van der Waals surface area contributed by atoms with Gasteiger partial charge < -0.3 is 15.0 Å². The molecule has 0 bridgehead atoms. The highest BCUT2D eigenvalue weighted by Gasteiger charge is 2.15. The van der Waals surface area contributed by atoms with Gasteiger partial charge in [-0.3, -0.25) is 0 Å². The maximum absolute atomic E-state index is 5.58. The first kappa shape index (κ1) is 24.3. The highest BCUT2D eigenvalue weighted by atomic mass is 16.5. The number of benzene rings is 1. The standard InChI is InChI=1S/C26H28N6O.C2H6/c1-3-8-23(33-2)20-10-6-9-19(17-20)21-18-22(26-27-13-16-32(26)30-21)28-24-11-7-12-25(29-24)31-14-4-5-15-31;1-2/h6-13,16-18H,3-5,14-15H2,1-2H3,(H,28,29);1-2H3/b23-8+;. The lowest BCUT2D eigenvalue weighted by atomic mass is 10.1. The lowest BCUT2D eigenvalue weighted by Crippen LogP contribution is -2.19. The number of aromatic nitrogens is 4. The van der Waals surface area contributed by atoms with Crippen molar-refractivity contribution in [3.05, 3.63) is 72.6 Å². The molecule has 4 heterocycles. The van der Waals surface area contributed by atoms with Crippen LogP contribution < -0.4 is 10.2 Å². The van der Waals surface area contributed by atoms with Gasteiger partial charge in [-0.15, -0.1) is 0 Å². The topological polar surface area (TPSA) is 67.6 Å². The van der Waals surface area contributed by atoms with Crippen LogP contribution in [0, 0.1) is 0 Å². The Bertz CT molecular complexity index is 1290. The largest absolute Gasteiger partial charge is 0.496 e. The monoisotopic (exact) mass is 470 g/mol. The van der Waals surface area contributed by atoms with Crippen LogP contribution in [0.5, 0.6) is 0 Å². The first-order valence-corrected chi connectivity index (χ1v) is 12.4. The Hall–Kier alpha value is -3.87. The number of allylic oxidation sites excluding steroid dienone is 1. The van der Waals surface area contributed by atoms with E-state index in [1.807, 2.05) is 44.3 Å². The van der Waals surface area contributed by atoms with E-state index in [0.717, 1.165) is 65.1 Å². The quantitative estimate of drug-likeness (QED) is 0.309. The summed E-state index contributed by atoms with van der Waals surface area (Å²) < 4.78 is 7.38. The second-order valence-electron chi connectivity index (χ2n) is 8.10. The summed E-state index contributed by atoms with van der Waals surface area (Å²) in [6.45, 7) is 8.22. The predicted molar refractivity (Wildman–Crippen MR) is 144 cm³/mol. The summed E-state index contributed by atoms with van der Waals surface area (Å²) in [5.41, 5.74) is 4.49. The molecule has 5 rings (SSSR count).